The number of nitrogens with one attached hydrogen (secondary N) is 1. The predicted molar refractivity (Wildman–Crippen MR) is 80.6 cm³/mol. The monoisotopic (exact) mass is 288 g/mol. The van der Waals surface area contributed by atoms with Gasteiger partial charge < -0.3 is 14.8 Å². The van der Waals surface area contributed by atoms with Gasteiger partial charge in [0.1, 0.15) is 5.52 Å². The molecule has 1 fully saturated rings. The second-order valence-corrected chi connectivity index (χ2v) is 6.61. The van der Waals surface area contributed by atoms with Gasteiger partial charge in [0.25, 0.3) is 6.01 Å². The first-order valence-electron chi connectivity index (χ1n) is 7.33. The van der Waals surface area contributed by atoms with Crippen molar-refractivity contribution in [1.82, 2.24) is 4.98 Å². The minimum atomic E-state index is -0.961. The van der Waals surface area contributed by atoms with Crippen LogP contribution in [0.2, 0.25) is 0 Å². The molecule has 0 bridgehead atoms. The Labute approximate surface area is 123 Å². The third-order valence-electron chi connectivity index (χ3n) is 4.17. The fraction of sp³-hybridized carbons (Fsp3) is 0.500. The van der Waals surface area contributed by atoms with Crippen molar-refractivity contribution in [1.29, 1.82) is 0 Å². The molecule has 1 atom stereocenters. The van der Waals surface area contributed by atoms with E-state index < -0.39 is 5.97 Å². The lowest BCUT2D eigenvalue weighted by Crippen LogP contribution is -2.31. The number of oxazole rings is 1. The zero-order valence-electron chi connectivity index (χ0n) is 12.3. The van der Waals surface area contributed by atoms with Crippen LogP contribution < -0.4 is 5.32 Å². The standard InChI is InChI=1S/C16H20N2O3/c1-16(2)7-3-4-11(9-16)17-15-18-12-6-5-10(14(19)20)8-13(12)21-15/h5-6,8,11H,3-4,7,9H2,1-2H3,(H,17,18)(H,19,20). The molecule has 2 N–H and O–H groups in total. The Morgan fingerprint density at radius 1 is 1.48 bits per heavy atom. The molecule has 1 aliphatic carbocycles. The highest BCUT2D eigenvalue weighted by molar-refractivity contribution is 5.92. The van der Waals surface area contributed by atoms with Gasteiger partial charge in [0.2, 0.25) is 0 Å². The van der Waals surface area contributed by atoms with Gasteiger partial charge in [0.15, 0.2) is 5.58 Å². The van der Waals surface area contributed by atoms with Crippen LogP contribution in [0.3, 0.4) is 0 Å². The number of hydrogen-bond acceptors (Lipinski definition) is 4. The molecule has 1 aromatic heterocycles. The summed E-state index contributed by atoms with van der Waals surface area (Å²) in [6.07, 6.45) is 4.66. The normalized spacial score (nSPS) is 21.3. The third-order valence-corrected chi connectivity index (χ3v) is 4.17. The van der Waals surface area contributed by atoms with Crippen LogP contribution in [0, 0.1) is 5.41 Å². The molecular formula is C16H20N2O3. The minimum absolute atomic E-state index is 0.212. The van der Waals surface area contributed by atoms with E-state index in [1.54, 1.807) is 12.1 Å². The molecule has 0 amide bonds. The van der Waals surface area contributed by atoms with Crippen molar-refractivity contribution in [3.8, 4) is 0 Å². The number of aromatic carboxylic acids is 1. The average molecular weight is 288 g/mol. The van der Waals surface area contributed by atoms with Gasteiger partial charge in [-0.25, -0.2) is 4.79 Å². The molecule has 1 heterocycles. The molecule has 21 heavy (non-hydrogen) atoms. The summed E-state index contributed by atoms with van der Waals surface area (Å²) < 4.78 is 5.64. The maximum absolute atomic E-state index is 11.0. The summed E-state index contributed by atoms with van der Waals surface area (Å²) in [6, 6.07) is 5.58. The molecule has 2 aromatic rings. The molecule has 0 saturated heterocycles. The Kier molecular flexibility index (Phi) is 3.35. The number of nitrogens with zero attached hydrogens (tertiary/aromatic N) is 1. The lowest BCUT2D eigenvalue weighted by atomic mass is 9.75. The number of hydrogen-bond donors (Lipinski definition) is 2. The Balaban J connectivity index is 1.80. The molecule has 1 aliphatic rings. The Morgan fingerprint density at radius 2 is 2.29 bits per heavy atom. The van der Waals surface area contributed by atoms with Gasteiger partial charge in [0.05, 0.1) is 5.56 Å². The van der Waals surface area contributed by atoms with Crippen LogP contribution in [-0.2, 0) is 0 Å². The van der Waals surface area contributed by atoms with Gasteiger partial charge in [-0.3, -0.25) is 0 Å². The summed E-state index contributed by atoms with van der Waals surface area (Å²) in [5, 5.41) is 12.3. The quantitative estimate of drug-likeness (QED) is 0.895. The van der Waals surface area contributed by atoms with Gasteiger partial charge in [-0.1, -0.05) is 20.3 Å². The van der Waals surface area contributed by atoms with Crippen LogP contribution in [0.1, 0.15) is 49.9 Å². The molecule has 1 saturated carbocycles. The summed E-state index contributed by atoms with van der Waals surface area (Å²) in [6.45, 7) is 4.57. The van der Waals surface area contributed by atoms with Crippen LogP contribution in [0.15, 0.2) is 22.6 Å². The Hall–Kier alpha value is -2.04. The number of anilines is 1. The van der Waals surface area contributed by atoms with E-state index in [-0.39, 0.29) is 5.56 Å². The zero-order chi connectivity index (χ0) is 15.0. The predicted octanol–water partition coefficient (Wildman–Crippen LogP) is 3.91. The topological polar surface area (TPSA) is 75.4 Å². The number of carbonyl (C=O) groups is 1. The fourth-order valence-electron chi connectivity index (χ4n) is 3.12. The SMILES string of the molecule is CC1(C)CCCC(Nc2nc3ccc(C(=O)O)cc3o2)C1. The van der Waals surface area contributed by atoms with Crippen LogP contribution in [0.5, 0.6) is 0 Å². The van der Waals surface area contributed by atoms with Crippen molar-refractivity contribution < 1.29 is 14.3 Å². The van der Waals surface area contributed by atoms with Crippen molar-refractivity contribution in [2.45, 2.75) is 45.6 Å². The highest BCUT2D eigenvalue weighted by Gasteiger charge is 2.28. The molecule has 3 rings (SSSR count). The van der Waals surface area contributed by atoms with Crippen LogP contribution in [0.4, 0.5) is 6.01 Å². The van der Waals surface area contributed by atoms with Crippen LogP contribution in [0.25, 0.3) is 11.1 Å². The lowest BCUT2D eigenvalue weighted by Gasteiger charge is -2.35. The largest absolute Gasteiger partial charge is 0.478 e. The zero-order valence-corrected chi connectivity index (χ0v) is 12.3. The number of aromatic nitrogens is 1. The Bertz CT molecular complexity index is 675. The highest BCUT2D eigenvalue weighted by atomic mass is 16.4. The van der Waals surface area contributed by atoms with Gasteiger partial charge in [0, 0.05) is 6.04 Å². The van der Waals surface area contributed by atoms with Gasteiger partial charge >= 0.3 is 5.97 Å². The molecular weight excluding hydrogens is 268 g/mol. The molecule has 1 unspecified atom stereocenters. The highest BCUT2D eigenvalue weighted by Crippen LogP contribution is 2.36. The molecule has 0 aliphatic heterocycles. The molecule has 112 valence electrons. The third kappa shape index (κ3) is 3.01. The maximum atomic E-state index is 11.0. The van der Waals surface area contributed by atoms with E-state index in [9.17, 15) is 4.79 Å². The first kappa shape index (κ1) is 13.9. The van der Waals surface area contributed by atoms with E-state index in [4.69, 9.17) is 9.52 Å². The van der Waals surface area contributed by atoms with E-state index >= 15 is 0 Å². The molecule has 1 aromatic carbocycles. The van der Waals surface area contributed by atoms with Crippen LogP contribution in [-0.4, -0.2) is 22.1 Å². The summed E-state index contributed by atoms with van der Waals surface area (Å²) in [7, 11) is 0. The van der Waals surface area contributed by atoms with Gasteiger partial charge in [-0.05, 0) is 42.9 Å². The second-order valence-electron chi connectivity index (χ2n) is 6.61. The van der Waals surface area contributed by atoms with Crippen molar-refractivity contribution in [2.75, 3.05) is 5.32 Å². The lowest BCUT2D eigenvalue weighted by molar-refractivity contribution is 0.0697. The summed E-state index contributed by atoms with van der Waals surface area (Å²) in [5.74, 6) is -0.961. The van der Waals surface area contributed by atoms with E-state index in [2.05, 4.69) is 24.1 Å². The van der Waals surface area contributed by atoms with E-state index in [0.717, 1.165) is 12.8 Å². The summed E-state index contributed by atoms with van der Waals surface area (Å²) in [4.78, 5) is 15.3. The Morgan fingerprint density at radius 3 is 3.00 bits per heavy atom. The van der Waals surface area contributed by atoms with E-state index in [1.807, 2.05) is 0 Å². The number of benzene rings is 1. The van der Waals surface area contributed by atoms with Crippen molar-refractivity contribution in [3.05, 3.63) is 23.8 Å². The molecule has 0 spiro atoms. The average Bonchev–Trinajstić information content (AvgIpc) is 2.78. The second kappa shape index (κ2) is 5.06. The minimum Gasteiger partial charge on any atom is -0.478 e. The smallest absolute Gasteiger partial charge is 0.335 e. The van der Waals surface area contributed by atoms with E-state index in [0.29, 0.717) is 28.6 Å². The summed E-state index contributed by atoms with van der Waals surface area (Å²) in [5.41, 5.74) is 1.74. The van der Waals surface area contributed by atoms with Crippen molar-refractivity contribution >= 4 is 23.1 Å². The first-order chi connectivity index (χ1) is 9.93. The molecule has 5 heteroatoms. The molecule has 5 nitrogen and oxygen atoms in total. The number of rotatable bonds is 3. The number of fused-ring (bicyclic) bond motifs is 1. The fourth-order valence-corrected chi connectivity index (χ4v) is 3.12. The number of carboxylic acids is 1. The first-order valence-corrected chi connectivity index (χ1v) is 7.33. The number of carboxylic acid groups (broad SMARTS) is 1. The summed E-state index contributed by atoms with van der Waals surface area (Å²) >= 11 is 0. The van der Waals surface area contributed by atoms with Crippen LogP contribution >= 0.6 is 0 Å². The van der Waals surface area contributed by atoms with Gasteiger partial charge in [-0.2, -0.15) is 4.98 Å². The molecule has 0 radical (unpaired) electrons. The van der Waals surface area contributed by atoms with Gasteiger partial charge in [-0.15, -0.1) is 0 Å². The maximum Gasteiger partial charge on any atom is 0.335 e. The van der Waals surface area contributed by atoms with Crippen molar-refractivity contribution in [3.63, 3.8) is 0 Å². The van der Waals surface area contributed by atoms with E-state index in [1.165, 1.54) is 18.9 Å². The van der Waals surface area contributed by atoms with Crippen molar-refractivity contribution in [2.24, 2.45) is 5.41 Å².